The second-order valence-corrected chi connectivity index (χ2v) is 4.55. The molecule has 0 amide bonds. The number of hydrogen-bond acceptors (Lipinski definition) is 3. The van der Waals surface area contributed by atoms with Gasteiger partial charge in [0.1, 0.15) is 6.54 Å². The first-order valence-corrected chi connectivity index (χ1v) is 5.07. The van der Waals surface area contributed by atoms with Crippen LogP contribution < -0.4 is 10.5 Å². The highest BCUT2D eigenvalue weighted by Crippen LogP contribution is 2.12. The molecular formula is C5H11F3N2O2S. The highest BCUT2D eigenvalue weighted by Gasteiger charge is 2.29. The standard InChI is InChI=1S/C5H11F3N2O2S/c1-4(9)2-13(11,12)10-3-5(6,7)8/h4,10H,2-3,9H2,1H3. The lowest BCUT2D eigenvalue weighted by molar-refractivity contribution is -0.121. The fourth-order valence-corrected chi connectivity index (χ4v) is 1.79. The summed E-state index contributed by atoms with van der Waals surface area (Å²) in [7, 11) is -3.91. The minimum absolute atomic E-state index is 0.511. The molecule has 0 spiro atoms. The zero-order valence-corrected chi connectivity index (χ0v) is 7.74. The summed E-state index contributed by atoms with van der Waals surface area (Å²) in [6.07, 6.45) is -4.54. The van der Waals surface area contributed by atoms with Gasteiger partial charge in [-0.2, -0.15) is 13.2 Å². The van der Waals surface area contributed by atoms with Crippen LogP contribution in [0.25, 0.3) is 0 Å². The third-order valence-corrected chi connectivity index (χ3v) is 2.52. The van der Waals surface area contributed by atoms with Gasteiger partial charge >= 0.3 is 6.18 Å². The molecule has 0 aromatic carbocycles. The Morgan fingerprint density at radius 1 is 1.46 bits per heavy atom. The van der Waals surface area contributed by atoms with E-state index >= 15 is 0 Å². The van der Waals surface area contributed by atoms with Crippen molar-refractivity contribution in [3.05, 3.63) is 0 Å². The van der Waals surface area contributed by atoms with Crippen LogP contribution in [0.3, 0.4) is 0 Å². The lowest BCUT2D eigenvalue weighted by Gasteiger charge is -2.10. The molecule has 1 atom stereocenters. The molecule has 0 fully saturated rings. The number of halogens is 3. The fraction of sp³-hybridized carbons (Fsp3) is 1.00. The van der Waals surface area contributed by atoms with Crippen LogP contribution in [0.4, 0.5) is 13.2 Å². The zero-order valence-electron chi connectivity index (χ0n) is 6.93. The quantitative estimate of drug-likeness (QED) is 0.690. The molecule has 0 aliphatic carbocycles. The Labute approximate surface area is 74.3 Å². The van der Waals surface area contributed by atoms with Crippen molar-refractivity contribution in [1.29, 1.82) is 0 Å². The van der Waals surface area contributed by atoms with Gasteiger partial charge in [-0.05, 0) is 6.92 Å². The molecule has 0 aromatic heterocycles. The SMILES string of the molecule is CC(N)CS(=O)(=O)NCC(F)(F)F. The molecular weight excluding hydrogens is 209 g/mol. The van der Waals surface area contributed by atoms with Crippen LogP contribution in [0, 0.1) is 0 Å². The van der Waals surface area contributed by atoms with E-state index in [0.717, 1.165) is 0 Å². The Kier molecular flexibility index (Phi) is 4.14. The van der Waals surface area contributed by atoms with E-state index in [2.05, 4.69) is 0 Å². The number of alkyl halides is 3. The van der Waals surface area contributed by atoms with E-state index in [1.54, 1.807) is 0 Å². The number of nitrogens with one attached hydrogen (secondary N) is 1. The predicted octanol–water partition coefficient (Wildman–Crippen LogP) is -0.185. The fourth-order valence-electron chi connectivity index (χ4n) is 0.597. The van der Waals surface area contributed by atoms with Gasteiger partial charge in [-0.1, -0.05) is 0 Å². The molecule has 0 aliphatic rings. The highest BCUT2D eigenvalue weighted by atomic mass is 32.2. The second-order valence-electron chi connectivity index (χ2n) is 2.69. The molecule has 3 N–H and O–H groups in total. The Morgan fingerprint density at radius 3 is 2.23 bits per heavy atom. The van der Waals surface area contributed by atoms with E-state index in [0.29, 0.717) is 0 Å². The van der Waals surface area contributed by atoms with E-state index < -0.39 is 34.5 Å². The van der Waals surface area contributed by atoms with Crippen molar-refractivity contribution < 1.29 is 21.6 Å². The average Bonchev–Trinajstić information content (AvgIpc) is 1.79. The molecule has 0 aliphatic heterocycles. The lowest BCUT2D eigenvalue weighted by Crippen LogP contribution is -2.39. The largest absolute Gasteiger partial charge is 0.402 e. The van der Waals surface area contributed by atoms with E-state index in [9.17, 15) is 21.6 Å². The third-order valence-electron chi connectivity index (χ3n) is 0.975. The van der Waals surface area contributed by atoms with E-state index in [1.165, 1.54) is 11.6 Å². The Bertz CT molecular complexity index is 247. The maximum absolute atomic E-state index is 11.6. The molecule has 0 heterocycles. The summed E-state index contributed by atoms with van der Waals surface area (Å²) in [6, 6.07) is -0.689. The maximum atomic E-state index is 11.6. The number of rotatable bonds is 4. The van der Waals surface area contributed by atoms with Crippen LogP contribution in [-0.4, -0.2) is 32.9 Å². The summed E-state index contributed by atoms with van der Waals surface area (Å²) in [5.74, 6) is -0.511. The summed E-state index contributed by atoms with van der Waals surface area (Å²) in [5, 5.41) is 0. The van der Waals surface area contributed by atoms with E-state index in [4.69, 9.17) is 5.73 Å². The van der Waals surface area contributed by atoms with Crippen LogP contribution in [0.5, 0.6) is 0 Å². The van der Waals surface area contributed by atoms with Gasteiger partial charge in [0.25, 0.3) is 0 Å². The molecule has 0 radical (unpaired) electrons. The molecule has 0 aromatic rings. The number of nitrogens with two attached hydrogens (primary N) is 1. The Hall–Kier alpha value is -0.340. The van der Waals surface area contributed by atoms with Gasteiger partial charge < -0.3 is 5.73 Å². The lowest BCUT2D eigenvalue weighted by atomic mass is 10.4. The molecule has 4 nitrogen and oxygen atoms in total. The molecule has 0 saturated carbocycles. The molecule has 0 saturated heterocycles. The number of hydrogen-bond donors (Lipinski definition) is 2. The summed E-state index contributed by atoms with van der Waals surface area (Å²) >= 11 is 0. The minimum atomic E-state index is -4.54. The number of sulfonamides is 1. The van der Waals surface area contributed by atoms with Crippen molar-refractivity contribution in [1.82, 2.24) is 4.72 Å². The van der Waals surface area contributed by atoms with Crippen molar-refractivity contribution in [2.75, 3.05) is 12.3 Å². The van der Waals surface area contributed by atoms with E-state index in [-0.39, 0.29) is 0 Å². The van der Waals surface area contributed by atoms with Crippen molar-refractivity contribution in [2.24, 2.45) is 5.73 Å². The van der Waals surface area contributed by atoms with Crippen LogP contribution in [0.1, 0.15) is 6.92 Å². The topological polar surface area (TPSA) is 72.2 Å². The van der Waals surface area contributed by atoms with Crippen LogP contribution >= 0.6 is 0 Å². The second kappa shape index (κ2) is 4.25. The molecule has 8 heteroatoms. The van der Waals surface area contributed by atoms with E-state index in [1.807, 2.05) is 0 Å². The van der Waals surface area contributed by atoms with Gasteiger partial charge in [0.15, 0.2) is 0 Å². The normalized spacial score (nSPS) is 15.8. The first kappa shape index (κ1) is 12.7. The first-order chi connectivity index (χ1) is 5.62. The van der Waals surface area contributed by atoms with Crippen LogP contribution in [0.2, 0.25) is 0 Å². The van der Waals surface area contributed by atoms with Gasteiger partial charge in [-0.25, -0.2) is 13.1 Å². The van der Waals surface area contributed by atoms with Crippen LogP contribution in [-0.2, 0) is 10.0 Å². The van der Waals surface area contributed by atoms with Crippen molar-refractivity contribution in [3.8, 4) is 0 Å². The van der Waals surface area contributed by atoms with Gasteiger partial charge in [-0.15, -0.1) is 0 Å². The zero-order chi connectivity index (χ0) is 10.7. The highest BCUT2D eigenvalue weighted by molar-refractivity contribution is 7.89. The Morgan fingerprint density at radius 2 is 1.92 bits per heavy atom. The summed E-state index contributed by atoms with van der Waals surface area (Å²) < 4.78 is 57.7. The van der Waals surface area contributed by atoms with Gasteiger partial charge in [0.2, 0.25) is 10.0 Å². The van der Waals surface area contributed by atoms with Gasteiger partial charge in [-0.3, -0.25) is 0 Å². The van der Waals surface area contributed by atoms with Crippen molar-refractivity contribution >= 4 is 10.0 Å². The first-order valence-electron chi connectivity index (χ1n) is 3.42. The molecule has 80 valence electrons. The van der Waals surface area contributed by atoms with Gasteiger partial charge in [0, 0.05) is 6.04 Å². The monoisotopic (exact) mass is 220 g/mol. The summed E-state index contributed by atoms with van der Waals surface area (Å²) in [4.78, 5) is 0. The third kappa shape index (κ3) is 8.00. The molecule has 0 rings (SSSR count). The smallest absolute Gasteiger partial charge is 0.327 e. The molecule has 13 heavy (non-hydrogen) atoms. The molecule has 1 unspecified atom stereocenters. The Balaban J connectivity index is 4.06. The van der Waals surface area contributed by atoms with Crippen LogP contribution in [0.15, 0.2) is 0 Å². The minimum Gasteiger partial charge on any atom is -0.327 e. The average molecular weight is 220 g/mol. The van der Waals surface area contributed by atoms with Crippen molar-refractivity contribution in [2.45, 2.75) is 19.1 Å². The summed E-state index contributed by atoms with van der Waals surface area (Å²) in [6.45, 7) is -0.158. The van der Waals surface area contributed by atoms with Gasteiger partial charge in [0.05, 0.1) is 5.75 Å². The van der Waals surface area contributed by atoms with Crippen molar-refractivity contribution in [3.63, 3.8) is 0 Å². The molecule has 0 bridgehead atoms. The summed E-state index contributed by atoms with van der Waals surface area (Å²) in [5.41, 5.74) is 5.12. The maximum Gasteiger partial charge on any atom is 0.402 e. The predicted molar refractivity (Wildman–Crippen MR) is 41.5 cm³/mol.